The zero-order valence-corrected chi connectivity index (χ0v) is 22.2. The van der Waals surface area contributed by atoms with E-state index in [4.69, 9.17) is 4.74 Å². The van der Waals surface area contributed by atoms with Crippen molar-refractivity contribution in [3.63, 3.8) is 0 Å². The predicted molar refractivity (Wildman–Crippen MR) is 144 cm³/mol. The number of aromatic nitrogens is 1. The van der Waals surface area contributed by atoms with E-state index in [9.17, 15) is 31.5 Å². The van der Waals surface area contributed by atoms with Crippen LogP contribution in [0.3, 0.4) is 0 Å². The molecule has 0 amide bonds. The first-order valence-electron chi connectivity index (χ1n) is 11.8. The number of hydrogen-bond acceptors (Lipinski definition) is 6. The fourth-order valence-electron chi connectivity index (χ4n) is 4.49. The number of nitrogens with zero attached hydrogens (tertiary/aromatic N) is 2. The van der Waals surface area contributed by atoms with E-state index < -0.39 is 33.5 Å². The molecule has 3 heterocycles. The number of rotatable bonds is 7. The Kier molecular flexibility index (Phi) is 6.93. The molecule has 0 saturated heterocycles. The summed E-state index contributed by atoms with van der Waals surface area (Å²) in [5.41, 5.74) is 1.13. The van der Waals surface area contributed by atoms with Gasteiger partial charge < -0.3 is 14.7 Å². The monoisotopic (exact) mass is 576 g/mol. The van der Waals surface area contributed by atoms with E-state index in [0.29, 0.717) is 11.5 Å². The van der Waals surface area contributed by atoms with Gasteiger partial charge in [0.2, 0.25) is 10.0 Å². The number of carbonyl (C=O) groups is 1. The largest absolute Gasteiger partial charge is 0.490 e. The van der Waals surface area contributed by atoms with E-state index in [2.05, 4.69) is 0 Å². The number of alkyl halides is 3. The van der Waals surface area contributed by atoms with Gasteiger partial charge in [0.25, 0.3) is 0 Å². The van der Waals surface area contributed by atoms with Crippen LogP contribution in [0.5, 0.6) is 5.75 Å². The zero-order chi connectivity index (χ0) is 27.9. The molecule has 0 bridgehead atoms. The number of hydrogen-bond donors (Lipinski definition) is 1. The highest BCUT2D eigenvalue weighted by molar-refractivity contribution is 7.90. The lowest BCUT2D eigenvalue weighted by Crippen LogP contribution is -2.28. The number of benzene rings is 2. The van der Waals surface area contributed by atoms with Gasteiger partial charge in [-0.25, -0.2) is 17.2 Å². The van der Waals surface area contributed by atoms with Crippen LogP contribution in [-0.2, 0) is 22.6 Å². The summed E-state index contributed by atoms with van der Waals surface area (Å²) in [6, 6.07) is 12.8. The molecule has 4 aromatic rings. The molecule has 5 rings (SSSR count). The minimum atomic E-state index is -4.59. The third-order valence-corrected chi connectivity index (χ3v) is 9.03. The molecule has 12 heteroatoms. The summed E-state index contributed by atoms with van der Waals surface area (Å²) >= 11 is 0.983. The zero-order valence-electron chi connectivity index (χ0n) is 20.6. The third kappa shape index (κ3) is 5.52. The van der Waals surface area contributed by atoms with Gasteiger partial charge in [-0.15, -0.1) is 11.3 Å². The van der Waals surface area contributed by atoms with Crippen LogP contribution in [0.4, 0.5) is 18.9 Å². The number of halogens is 3. The Morgan fingerprint density at radius 2 is 1.92 bits per heavy atom. The smallest absolute Gasteiger partial charge is 0.416 e. The molecule has 0 saturated carbocycles. The molecule has 7 nitrogen and oxygen atoms in total. The number of fused-ring (bicyclic) bond motifs is 2. The summed E-state index contributed by atoms with van der Waals surface area (Å²) in [7, 11) is -2.11. The van der Waals surface area contributed by atoms with Crippen LogP contribution in [0.25, 0.3) is 17.0 Å². The first kappa shape index (κ1) is 26.8. The molecule has 2 aromatic carbocycles. The molecule has 1 N–H and O–H groups in total. The molecule has 1 aliphatic rings. The van der Waals surface area contributed by atoms with E-state index in [1.807, 2.05) is 30.1 Å². The van der Waals surface area contributed by atoms with Gasteiger partial charge in [0.15, 0.2) is 0 Å². The summed E-state index contributed by atoms with van der Waals surface area (Å²) < 4.78 is 73.8. The molecule has 0 radical (unpaired) electrons. The standard InChI is InChI=1S/C27H23F3N2O5S2/c1-31-10-11-37-24-8-4-17(13-23(24)31)3-2-12-39(35,36)32-20(16-21-6-9-25(38-21)26(33)34)15-18-14-19(27(28,29)30)5-7-22(18)32/h2-9,13-15H,10-12,16H2,1H3,(H,33,34). The van der Waals surface area contributed by atoms with E-state index in [1.165, 1.54) is 18.2 Å². The first-order chi connectivity index (χ1) is 18.4. The Morgan fingerprint density at radius 1 is 1.13 bits per heavy atom. The average molecular weight is 577 g/mol. The van der Waals surface area contributed by atoms with Gasteiger partial charge in [0, 0.05) is 29.4 Å². The summed E-state index contributed by atoms with van der Waals surface area (Å²) in [4.78, 5) is 14.0. The summed E-state index contributed by atoms with van der Waals surface area (Å²) in [5, 5.41) is 9.35. The second-order valence-corrected chi connectivity index (χ2v) is 12.1. The van der Waals surface area contributed by atoms with Crippen LogP contribution < -0.4 is 9.64 Å². The van der Waals surface area contributed by atoms with Crippen molar-refractivity contribution in [1.82, 2.24) is 3.97 Å². The van der Waals surface area contributed by atoms with Crippen LogP contribution in [0.2, 0.25) is 0 Å². The second-order valence-electron chi connectivity index (χ2n) is 9.10. The average Bonchev–Trinajstić information content (AvgIpc) is 3.48. The lowest BCUT2D eigenvalue weighted by atomic mass is 10.1. The normalized spacial score (nSPS) is 14.1. The lowest BCUT2D eigenvalue weighted by molar-refractivity contribution is -0.137. The van der Waals surface area contributed by atoms with Crippen molar-refractivity contribution in [2.45, 2.75) is 12.6 Å². The van der Waals surface area contributed by atoms with Crippen molar-refractivity contribution < 1.29 is 36.2 Å². The fourth-order valence-corrected chi connectivity index (χ4v) is 6.78. The fraction of sp³-hybridized carbons (Fsp3) is 0.222. The van der Waals surface area contributed by atoms with Crippen molar-refractivity contribution in [2.75, 3.05) is 30.9 Å². The van der Waals surface area contributed by atoms with E-state index in [0.717, 1.165) is 57.1 Å². The molecule has 0 spiro atoms. The molecule has 1 aliphatic heterocycles. The van der Waals surface area contributed by atoms with E-state index in [1.54, 1.807) is 12.1 Å². The van der Waals surface area contributed by atoms with Crippen molar-refractivity contribution in [3.8, 4) is 5.75 Å². The van der Waals surface area contributed by atoms with E-state index >= 15 is 0 Å². The van der Waals surface area contributed by atoms with E-state index in [-0.39, 0.29) is 27.9 Å². The molecule has 0 unspecified atom stereocenters. The molecule has 204 valence electrons. The quantitative estimate of drug-likeness (QED) is 0.302. The Bertz CT molecular complexity index is 1700. The number of thiophene rings is 1. The molecule has 0 fully saturated rings. The first-order valence-corrected chi connectivity index (χ1v) is 14.3. The van der Waals surface area contributed by atoms with Gasteiger partial charge >= 0.3 is 12.1 Å². The SMILES string of the molecule is CN1CCOc2ccc(C=CCS(=O)(=O)n3c(Cc4ccc(C(=O)O)s4)cc4cc(C(F)(F)F)ccc43)cc21. The molecular weight excluding hydrogens is 553 g/mol. The van der Waals surface area contributed by atoms with Gasteiger partial charge in [0.1, 0.15) is 17.2 Å². The van der Waals surface area contributed by atoms with Gasteiger partial charge in [-0.05, 0) is 54.1 Å². The summed E-state index contributed by atoms with van der Waals surface area (Å²) in [5.74, 6) is -0.770. The van der Waals surface area contributed by atoms with Gasteiger partial charge in [0.05, 0.1) is 29.1 Å². The minimum absolute atomic E-state index is 0.0358. The Balaban J connectivity index is 1.50. The number of aromatic carboxylic acids is 1. The van der Waals surface area contributed by atoms with Crippen molar-refractivity contribution in [2.24, 2.45) is 0 Å². The van der Waals surface area contributed by atoms with Crippen LogP contribution in [0.15, 0.2) is 60.7 Å². The highest BCUT2D eigenvalue weighted by Crippen LogP contribution is 2.34. The molecular formula is C27H23F3N2O5S2. The van der Waals surface area contributed by atoms with Crippen molar-refractivity contribution >= 4 is 50.0 Å². The Hall–Kier alpha value is -3.77. The van der Waals surface area contributed by atoms with Crippen LogP contribution >= 0.6 is 11.3 Å². The molecule has 0 atom stereocenters. The Labute approximate surface area is 226 Å². The number of carboxylic acids is 1. The number of carboxylic acid groups (broad SMARTS) is 1. The number of anilines is 1. The number of likely N-dealkylation sites (N-methyl/N-ethyl adjacent to an activating group) is 1. The highest BCUT2D eigenvalue weighted by Gasteiger charge is 2.31. The van der Waals surface area contributed by atoms with Crippen LogP contribution in [0, 0.1) is 0 Å². The third-order valence-electron chi connectivity index (χ3n) is 6.36. The topological polar surface area (TPSA) is 88.8 Å². The van der Waals surface area contributed by atoms with Gasteiger partial charge in [-0.1, -0.05) is 18.2 Å². The van der Waals surface area contributed by atoms with Crippen LogP contribution in [-0.4, -0.2) is 49.4 Å². The lowest BCUT2D eigenvalue weighted by Gasteiger charge is -2.27. The van der Waals surface area contributed by atoms with Crippen molar-refractivity contribution in [1.29, 1.82) is 0 Å². The second kappa shape index (κ2) is 10.1. The van der Waals surface area contributed by atoms with Gasteiger partial charge in [-0.2, -0.15) is 13.2 Å². The van der Waals surface area contributed by atoms with Crippen LogP contribution in [0.1, 0.15) is 31.4 Å². The minimum Gasteiger partial charge on any atom is -0.490 e. The van der Waals surface area contributed by atoms with Crippen molar-refractivity contribution in [3.05, 3.63) is 87.2 Å². The highest BCUT2D eigenvalue weighted by atomic mass is 32.2. The summed E-state index contributed by atoms with van der Waals surface area (Å²) in [6.45, 7) is 1.31. The maximum atomic E-state index is 13.6. The van der Waals surface area contributed by atoms with Gasteiger partial charge in [-0.3, -0.25) is 0 Å². The molecule has 39 heavy (non-hydrogen) atoms. The maximum absolute atomic E-state index is 13.6. The summed E-state index contributed by atoms with van der Waals surface area (Å²) in [6.07, 6.45) is -1.38. The predicted octanol–water partition coefficient (Wildman–Crippen LogP) is 5.73. The molecule has 0 aliphatic carbocycles. The maximum Gasteiger partial charge on any atom is 0.416 e. The molecule has 2 aromatic heterocycles. The Morgan fingerprint density at radius 3 is 2.64 bits per heavy atom. The number of ether oxygens (including phenoxy) is 1.